The van der Waals surface area contributed by atoms with Gasteiger partial charge in [-0.15, -0.1) is 0 Å². The summed E-state index contributed by atoms with van der Waals surface area (Å²) in [5.41, 5.74) is 2.39. The van der Waals surface area contributed by atoms with E-state index in [1.807, 2.05) is 43.3 Å². The molecular weight excluding hydrogens is 336 g/mol. The van der Waals surface area contributed by atoms with E-state index in [1.54, 1.807) is 7.11 Å². The Hall–Kier alpha value is -3.08. The minimum absolute atomic E-state index is 0.758. The maximum Gasteiger partial charge on any atom is 0.138 e. The molecule has 0 fully saturated rings. The SMILES string of the molecule is CCN(c1ccccc1)c1cc(NCCc2ccc(OC)cc2)nc(C)n1. The summed E-state index contributed by atoms with van der Waals surface area (Å²) in [6.45, 7) is 5.70. The second kappa shape index (κ2) is 9.03. The number of rotatable bonds is 8. The van der Waals surface area contributed by atoms with E-state index < -0.39 is 0 Å². The summed E-state index contributed by atoms with van der Waals surface area (Å²) in [6.07, 6.45) is 0.915. The average Bonchev–Trinajstić information content (AvgIpc) is 2.70. The summed E-state index contributed by atoms with van der Waals surface area (Å²) in [4.78, 5) is 11.3. The highest BCUT2D eigenvalue weighted by Crippen LogP contribution is 2.24. The normalized spacial score (nSPS) is 10.5. The van der Waals surface area contributed by atoms with Gasteiger partial charge in [-0.2, -0.15) is 0 Å². The van der Waals surface area contributed by atoms with Gasteiger partial charge in [0.2, 0.25) is 0 Å². The molecule has 2 aromatic carbocycles. The van der Waals surface area contributed by atoms with Crippen LogP contribution in [0.25, 0.3) is 0 Å². The smallest absolute Gasteiger partial charge is 0.138 e. The van der Waals surface area contributed by atoms with E-state index in [0.29, 0.717) is 0 Å². The zero-order valence-electron chi connectivity index (χ0n) is 16.1. The maximum absolute atomic E-state index is 5.20. The van der Waals surface area contributed by atoms with E-state index in [9.17, 15) is 0 Å². The van der Waals surface area contributed by atoms with Crippen LogP contribution in [0, 0.1) is 6.92 Å². The van der Waals surface area contributed by atoms with Gasteiger partial charge in [0.1, 0.15) is 23.2 Å². The van der Waals surface area contributed by atoms with E-state index in [0.717, 1.165) is 48.4 Å². The Balaban J connectivity index is 1.69. The van der Waals surface area contributed by atoms with Crippen molar-refractivity contribution in [1.82, 2.24) is 9.97 Å². The number of nitrogens with zero attached hydrogens (tertiary/aromatic N) is 3. The molecule has 0 radical (unpaired) electrons. The quantitative estimate of drug-likeness (QED) is 0.634. The second-order valence-electron chi connectivity index (χ2n) is 6.26. The van der Waals surface area contributed by atoms with Crippen LogP contribution in [0.2, 0.25) is 0 Å². The first-order valence-corrected chi connectivity index (χ1v) is 9.24. The Morgan fingerprint density at radius 2 is 1.74 bits per heavy atom. The predicted octanol–water partition coefficient (Wildman–Crippen LogP) is 4.61. The van der Waals surface area contributed by atoms with Crippen molar-refractivity contribution in [3.05, 3.63) is 72.1 Å². The largest absolute Gasteiger partial charge is 0.497 e. The highest BCUT2D eigenvalue weighted by Gasteiger charge is 2.11. The van der Waals surface area contributed by atoms with Gasteiger partial charge in [-0.1, -0.05) is 30.3 Å². The van der Waals surface area contributed by atoms with Crippen LogP contribution in [-0.2, 0) is 6.42 Å². The van der Waals surface area contributed by atoms with Crippen molar-refractivity contribution < 1.29 is 4.74 Å². The van der Waals surface area contributed by atoms with Crippen molar-refractivity contribution in [1.29, 1.82) is 0 Å². The molecular formula is C22H26N4O. The molecule has 1 aromatic heterocycles. The number of aromatic nitrogens is 2. The molecule has 3 aromatic rings. The molecule has 5 heteroatoms. The molecule has 3 rings (SSSR count). The Morgan fingerprint density at radius 1 is 1.00 bits per heavy atom. The summed E-state index contributed by atoms with van der Waals surface area (Å²) < 4.78 is 5.20. The van der Waals surface area contributed by atoms with E-state index in [1.165, 1.54) is 5.56 Å². The molecule has 0 aliphatic carbocycles. The van der Waals surface area contributed by atoms with Crippen molar-refractivity contribution in [2.45, 2.75) is 20.3 Å². The maximum atomic E-state index is 5.20. The molecule has 1 N–H and O–H groups in total. The van der Waals surface area contributed by atoms with Gasteiger partial charge in [0.15, 0.2) is 0 Å². The van der Waals surface area contributed by atoms with Crippen LogP contribution in [0.4, 0.5) is 17.3 Å². The Kier molecular flexibility index (Phi) is 6.26. The molecule has 0 amide bonds. The molecule has 1 heterocycles. The third kappa shape index (κ3) is 4.97. The fourth-order valence-corrected chi connectivity index (χ4v) is 2.99. The van der Waals surface area contributed by atoms with E-state index in [4.69, 9.17) is 4.74 Å². The topological polar surface area (TPSA) is 50.3 Å². The predicted molar refractivity (Wildman–Crippen MR) is 111 cm³/mol. The molecule has 140 valence electrons. The minimum Gasteiger partial charge on any atom is -0.497 e. The summed E-state index contributed by atoms with van der Waals surface area (Å²) in [5.74, 6) is 3.39. The summed E-state index contributed by atoms with van der Waals surface area (Å²) in [7, 11) is 1.68. The number of nitrogens with one attached hydrogen (secondary N) is 1. The van der Waals surface area contributed by atoms with Crippen molar-refractivity contribution in [2.75, 3.05) is 30.4 Å². The van der Waals surface area contributed by atoms with Gasteiger partial charge in [-0.3, -0.25) is 0 Å². The number of hydrogen-bond donors (Lipinski definition) is 1. The van der Waals surface area contributed by atoms with Gasteiger partial charge in [0.25, 0.3) is 0 Å². The van der Waals surface area contributed by atoms with Gasteiger partial charge in [0, 0.05) is 24.8 Å². The van der Waals surface area contributed by atoms with Crippen LogP contribution in [0.1, 0.15) is 18.3 Å². The summed E-state index contributed by atoms with van der Waals surface area (Å²) >= 11 is 0. The molecule has 0 bridgehead atoms. The Morgan fingerprint density at radius 3 is 2.41 bits per heavy atom. The number of para-hydroxylation sites is 1. The molecule has 0 saturated heterocycles. The van der Waals surface area contributed by atoms with Crippen LogP contribution in [-0.4, -0.2) is 30.2 Å². The summed E-state index contributed by atoms with van der Waals surface area (Å²) in [5, 5.41) is 3.42. The number of hydrogen-bond acceptors (Lipinski definition) is 5. The fourth-order valence-electron chi connectivity index (χ4n) is 2.99. The van der Waals surface area contributed by atoms with Crippen molar-refractivity contribution in [3.8, 4) is 5.75 Å². The first-order chi connectivity index (χ1) is 13.2. The monoisotopic (exact) mass is 362 g/mol. The highest BCUT2D eigenvalue weighted by molar-refractivity contribution is 5.62. The second-order valence-corrected chi connectivity index (χ2v) is 6.26. The average molecular weight is 362 g/mol. The van der Waals surface area contributed by atoms with Crippen LogP contribution in [0.3, 0.4) is 0 Å². The van der Waals surface area contributed by atoms with Crippen LogP contribution in [0.15, 0.2) is 60.7 Å². The lowest BCUT2D eigenvalue weighted by Crippen LogP contribution is -2.18. The molecule has 0 unspecified atom stereocenters. The van der Waals surface area contributed by atoms with Crippen molar-refractivity contribution in [2.24, 2.45) is 0 Å². The first-order valence-electron chi connectivity index (χ1n) is 9.24. The van der Waals surface area contributed by atoms with Crippen LogP contribution < -0.4 is 15.0 Å². The van der Waals surface area contributed by atoms with E-state index in [-0.39, 0.29) is 0 Å². The van der Waals surface area contributed by atoms with Gasteiger partial charge in [-0.05, 0) is 50.1 Å². The van der Waals surface area contributed by atoms with Crippen LogP contribution >= 0.6 is 0 Å². The first kappa shape index (κ1) is 18.7. The number of benzene rings is 2. The van der Waals surface area contributed by atoms with E-state index in [2.05, 4.69) is 51.4 Å². The lowest BCUT2D eigenvalue weighted by molar-refractivity contribution is 0.414. The standard InChI is InChI=1S/C22H26N4O/c1-4-26(19-8-6-5-7-9-19)22-16-21(24-17(2)25-22)23-15-14-18-10-12-20(27-3)13-11-18/h5-13,16H,4,14-15H2,1-3H3,(H,23,24,25). The zero-order valence-corrected chi connectivity index (χ0v) is 16.1. The molecule has 0 aliphatic rings. The van der Waals surface area contributed by atoms with Gasteiger partial charge >= 0.3 is 0 Å². The van der Waals surface area contributed by atoms with E-state index >= 15 is 0 Å². The highest BCUT2D eigenvalue weighted by atomic mass is 16.5. The molecule has 5 nitrogen and oxygen atoms in total. The van der Waals surface area contributed by atoms with Gasteiger partial charge in [0.05, 0.1) is 7.11 Å². The number of anilines is 3. The third-order valence-corrected chi connectivity index (χ3v) is 4.36. The minimum atomic E-state index is 0.758. The molecule has 0 saturated carbocycles. The zero-order chi connectivity index (χ0) is 19.1. The Labute approximate surface area is 161 Å². The third-order valence-electron chi connectivity index (χ3n) is 4.36. The fraction of sp³-hybridized carbons (Fsp3) is 0.273. The molecule has 0 atom stereocenters. The molecule has 27 heavy (non-hydrogen) atoms. The van der Waals surface area contributed by atoms with Gasteiger partial charge in [-0.25, -0.2) is 9.97 Å². The Bertz CT molecular complexity index is 850. The summed E-state index contributed by atoms with van der Waals surface area (Å²) in [6, 6.07) is 20.5. The lowest BCUT2D eigenvalue weighted by Gasteiger charge is -2.23. The van der Waals surface area contributed by atoms with Crippen molar-refractivity contribution >= 4 is 17.3 Å². The number of aryl methyl sites for hydroxylation is 1. The molecule has 0 spiro atoms. The van der Waals surface area contributed by atoms with Gasteiger partial charge < -0.3 is 15.0 Å². The van der Waals surface area contributed by atoms with Crippen LogP contribution in [0.5, 0.6) is 5.75 Å². The van der Waals surface area contributed by atoms with Crippen molar-refractivity contribution in [3.63, 3.8) is 0 Å². The number of methoxy groups -OCH3 is 1. The molecule has 0 aliphatic heterocycles. The number of ether oxygens (including phenoxy) is 1. The lowest BCUT2D eigenvalue weighted by atomic mass is 10.1.